The average molecular weight is 391 g/mol. The smallest absolute Gasteiger partial charge is 0.282 e. The number of para-hydroxylation sites is 1. The Bertz CT molecular complexity index is 1040. The Morgan fingerprint density at radius 2 is 1.72 bits per heavy atom. The van der Waals surface area contributed by atoms with Crippen molar-refractivity contribution in [2.24, 2.45) is 0 Å². The summed E-state index contributed by atoms with van der Waals surface area (Å²) in [6, 6.07) is 14.3. The zero-order chi connectivity index (χ0) is 20.4. The minimum atomic E-state index is -0.512. The third-order valence-electron chi connectivity index (χ3n) is 5.11. The molecule has 1 fully saturated rings. The molecule has 2 heterocycles. The lowest BCUT2D eigenvalue weighted by Crippen LogP contribution is -2.49. The van der Waals surface area contributed by atoms with Gasteiger partial charge in [-0.2, -0.15) is 0 Å². The van der Waals surface area contributed by atoms with Crippen molar-refractivity contribution in [3.8, 4) is 5.69 Å². The molecule has 0 aliphatic carbocycles. The fourth-order valence-corrected chi connectivity index (χ4v) is 3.53. The quantitative estimate of drug-likeness (QED) is 0.504. The van der Waals surface area contributed by atoms with Crippen molar-refractivity contribution in [2.75, 3.05) is 31.1 Å². The highest BCUT2D eigenvalue weighted by Gasteiger charge is 2.28. The van der Waals surface area contributed by atoms with Crippen molar-refractivity contribution in [1.29, 1.82) is 0 Å². The van der Waals surface area contributed by atoms with Crippen LogP contribution < -0.4 is 4.90 Å². The SMILES string of the molecule is Cc1ccc(-n2ccnc2N2CCN(C(=O)c3ccccc3[N+](=O)[O-])CC2)cc1. The number of nitro benzene ring substituents is 1. The Kier molecular flexibility index (Phi) is 4.99. The van der Waals surface area contributed by atoms with Crippen molar-refractivity contribution < 1.29 is 9.72 Å². The molecule has 1 aliphatic heterocycles. The largest absolute Gasteiger partial charge is 0.338 e. The van der Waals surface area contributed by atoms with Crippen LogP contribution in [0.2, 0.25) is 0 Å². The van der Waals surface area contributed by atoms with Gasteiger partial charge in [0.05, 0.1) is 4.92 Å². The predicted octanol–water partition coefficient (Wildman–Crippen LogP) is 3.05. The van der Waals surface area contributed by atoms with Crippen LogP contribution in [-0.4, -0.2) is 51.5 Å². The molecule has 29 heavy (non-hydrogen) atoms. The number of amides is 1. The fraction of sp³-hybridized carbons (Fsp3) is 0.238. The number of carbonyl (C=O) groups is 1. The number of hydrogen-bond acceptors (Lipinski definition) is 5. The first-order valence-corrected chi connectivity index (χ1v) is 9.42. The summed E-state index contributed by atoms with van der Waals surface area (Å²) in [4.78, 5) is 31.8. The van der Waals surface area contributed by atoms with Crippen molar-refractivity contribution in [1.82, 2.24) is 14.5 Å². The van der Waals surface area contributed by atoms with E-state index >= 15 is 0 Å². The van der Waals surface area contributed by atoms with E-state index in [-0.39, 0.29) is 17.2 Å². The van der Waals surface area contributed by atoms with E-state index in [2.05, 4.69) is 34.1 Å². The number of nitro groups is 1. The number of imidazole rings is 1. The van der Waals surface area contributed by atoms with E-state index in [0.29, 0.717) is 26.2 Å². The van der Waals surface area contributed by atoms with Gasteiger partial charge in [-0.05, 0) is 25.1 Å². The van der Waals surface area contributed by atoms with Gasteiger partial charge in [-0.15, -0.1) is 0 Å². The van der Waals surface area contributed by atoms with Gasteiger partial charge in [0.25, 0.3) is 11.6 Å². The molecule has 0 N–H and O–H groups in total. The summed E-state index contributed by atoms with van der Waals surface area (Å²) in [5, 5.41) is 11.2. The minimum Gasteiger partial charge on any atom is -0.338 e. The van der Waals surface area contributed by atoms with Gasteiger partial charge in [0.1, 0.15) is 5.56 Å². The molecule has 3 aromatic rings. The first-order valence-electron chi connectivity index (χ1n) is 9.42. The van der Waals surface area contributed by atoms with Crippen LogP contribution in [0.1, 0.15) is 15.9 Å². The van der Waals surface area contributed by atoms with Gasteiger partial charge in [-0.25, -0.2) is 4.98 Å². The number of aromatic nitrogens is 2. The summed E-state index contributed by atoms with van der Waals surface area (Å²) in [6.45, 7) is 4.22. The molecule has 1 aromatic heterocycles. The van der Waals surface area contributed by atoms with Crippen LogP contribution >= 0.6 is 0 Å². The molecule has 1 aliphatic rings. The number of aryl methyl sites for hydroxylation is 1. The van der Waals surface area contributed by atoms with E-state index in [1.807, 2.05) is 17.7 Å². The molecule has 1 saturated heterocycles. The maximum Gasteiger partial charge on any atom is 0.282 e. The standard InChI is InChI=1S/C21H21N5O3/c1-16-6-8-17(9-7-16)25-11-10-22-21(25)24-14-12-23(13-15-24)20(27)18-4-2-3-5-19(18)26(28)29/h2-11H,12-15H2,1H3. The molecular formula is C21H21N5O3. The average Bonchev–Trinajstić information content (AvgIpc) is 3.24. The van der Waals surface area contributed by atoms with Crippen molar-refractivity contribution in [3.05, 3.63) is 82.2 Å². The van der Waals surface area contributed by atoms with Crippen LogP contribution in [0, 0.1) is 17.0 Å². The Hall–Kier alpha value is -3.68. The van der Waals surface area contributed by atoms with Crippen LogP contribution in [0.25, 0.3) is 5.69 Å². The molecule has 8 heteroatoms. The topological polar surface area (TPSA) is 84.5 Å². The molecule has 8 nitrogen and oxygen atoms in total. The Morgan fingerprint density at radius 3 is 2.41 bits per heavy atom. The van der Waals surface area contributed by atoms with Crippen LogP contribution in [0.15, 0.2) is 60.9 Å². The second-order valence-electron chi connectivity index (χ2n) is 6.99. The minimum absolute atomic E-state index is 0.132. The number of rotatable bonds is 4. The molecule has 0 spiro atoms. The van der Waals surface area contributed by atoms with Gasteiger partial charge in [0.15, 0.2) is 0 Å². The predicted molar refractivity (Wildman–Crippen MR) is 110 cm³/mol. The summed E-state index contributed by atoms with van der Waals surface area (Å²) in [5.74, 6) is 0.519. The second kappa shape index (κ2) is 7.75. The number of benzene rings is 2. The highest BCUT2D eigenvalue weighted by atomic mass is 16.6. The van der Waals surface area contributed by atoms with Gasteiger partial charge < -0.3 is 9.80 Å². The van der Waals surface area contributed by atoms with Crippen molar-refractivity contribution in [3.63, 3.8) is 0 Å². The van der Waals surface area contributed by atoms with Crippen molar-refractivity contribution in [2.45, 2.75) is 6.92 Å². The highest BCUT2D eigenvalue weighted by Crippen LogP contribution is 2.23. The number of anilines is 1. The Balaban J connectivity index is 1.48. The Morgan fingerprint density at radius 1 is 1.03 bits per heavy atom. The van der Waals surface area contributed by atoms with E-state index in [1.54, 1.807) is 23.2 Å². The lowest BCUT2D eigenvalue weighted by atomic mass is 10.1. The van der Waals surface area contributed by atoms with Gasteiger partial charge in [-0.3, -0.25) is 19.5 Å². The number of nitrogens with zero attached hydrogens (tertiary/aromatic N) is 5. The third-order valence-corrected chi connectivity index (χ3v) is 5.11. The zero-order valence-corrected chi connectivity index (χ0v) is 16.1. The number of carbonyl (C=O) groups excluding carboxylic acids is 1. The molecular weight excluding hydrogens is 370 g/mol. The van der Waals surface area contributed by atoms with E-state index < -0.39 is 4.92 Å². The van der Waals surface area contributed by atoms with E-state index in [4.69, 9.17) is 0 Å². The monoisotopic (exact) mass is 391 g/mol. The molecule has 2 aromatic carbocycles. The van der Waals surface area contributed by atoms with E-state index in [0.717, 1.165) is 11.6 Å². The lowest BCUT2D eigenvalue weighted by molar-refractivity contribution is -0.385. The van der Waals surface area contributed by atoms with Crippen LogP contribution in [0.3, 0.4) is 0 Å². The van der Waals surface area contributed by atoms with Crippen LogP contribution in [0.5, 0.6) is 0 Å². The molecule has 0 atom stereocenters. The normalized spacial score (nSPS) is 14.1. The molecule has 148 valence electrons. The van der Waals surface area contributed by atoms with Crippen molar-refractivity contribution >= 4 is 17.5 Å². The number of hydrogen-bond donors (Lipinski definition) is 0. The van der Waals surface area contributed by atoms with Gasteiger partial charge in [0, 0.05) is 50.3 Å². The molecule has 1 amide bonds. The van der Waals surface area contributed by atoms with E-state index in [1.165, 1.54) is 17.7 Å². The first-order chi connectivity index (χ1) is 14.0. The first kappa shape index (κ1) is 18.7. The molecule has 0 radical (unpaired) electrons. The highest BCUT2D eigenvalue weighted by molar-refractivity contribution is 5.98. The van der Waals surface area contributed by atoms with Crippen LogP contribution in [-0.2, 0) is 0 Å². The summed E-state index contributed by atoms with van der Waals surface area (Å²) >= 11 is 0. The molecule has 0 unspecified atom stereocenters. The molecule has 0 bridgehead atoms. The lowest BCUT2D eigenvalue weighted by Gasteiger charge is -2.35. The van der Waals surface area contributed by atoms with Gasteiger partial charge in [0.2, 0.25) is 5.95 Å². The van der Waals surface area contributed by atoms with Gasteiger partial charge in [-0.1, -0.05) is 29.8 Å². The zero-order valence-electron chi connectivity index (χ0n) is 16.1. The van der Waals surface area contributed by atoms with E-state index in [9.17, 15) is 14.9 Å². The second-order valence-corrected chi connectivity index (χ2v) is 6.99. The Labute approximate surface area is 168 Å². The summed E-state index contributed by atoms with van der Waals surface area (Å²) < 4.78 is 2.03. The fourth-order valence-electron chi connectivity index (χ4n) is 3.53. The third kappa shape index (κ3) is 3.69. The summed E-state index contributed by atoms with van der Waals surface area (Å²) in [5.41, 5.74) is 2.20. The number of piperazine rings is 1. The molecule has 4 rings (SSSR count). The summed E-state index contributed by atoms with van der Waals surface area (Å²) in [7, 11) is 0. The maximum atomic E-state index is 12.8. The summed E-state index contributed by atoms with van der Waals surface area (Å²) in [6.07, 6.45) is 3.69. The molecule has 0 saturated carbocycles. The van der Waals surface area contributed by atoms with Crippen LogP contribution in [0.4, 0.5) is 11.6 Å². The van der Waals surface area contributed by atoms with Gasteiger partial charge >= 0.3 is 0 Å². The maximum absolute atomic E-state index is 12.8.